The highest BCUT2D eigenvalue weighted by molar-refractivity contribution is 5.82. The standard InChI is InChI=1S/C13H18N2O3/c1-2-5-15-10-6-14(13(17)9-3-4-9)7-11(10)18-8-12(15)16/h2,9-11H,1,3-8H2/t10-,11-/m1/s1. The lowest BCUT2D eigenvalue weighted by Gasteiger charge is -2.35. The molecular formula is C13H18N2O3. The normalized spacial score (nSPS) is 31.4. The van der Waals surface area contributed by atoms with Crippen molar-refractivity contribution in [2.24, 2.45) is 5.92 Å². The van der Waals surface area contributed by atoms with E-state index >= 15 is 0 Å². The summed E-state index contributed by atoms with van der Waals surface area (Å²) >= 11 is 0. The van der Waals surface area contributed by atoms with Crippen LogP contribution in [0.3, 0.4) is 0 Å². The summed E-state index contributed by atoms with van der Waals surface area (Å²) in [6.07, 6.45) is 3.73. The average Bonchev–Trinajstić information content (AvgIpc) is 3.11. The second kappa shape index (κ2) is 4.39. The van der Waals surface area contributed by atoms with E-state index in [4.69, 9.17) is 4.74 Å². The summed E-state index contributed by atoms with van der Waals surface area (Å²) in [5, 5.41) is 0. The van der Waals surface area contributed by atoms with E-state index in [0.29, 0.717) is 19.6 Å². The molecule has 2 saturated heterocycles. The molecule has 0 aromatic heterocycles. The number of fused-ring (bicyclic) bond motifs is 1. The summed E-state index contributed by atoms with van der Waals surface area (Å²) in [5.74, 6) is 0.463. The van der Waals surface area contributed by atoms with Gasteiger partial charge in [0.1, 0.15) is 6.61 Å². The maximum Gasteiger partial charge on any atom is 0.249 e. The monoisotopic (exact) mass is 250 g/mol. The third-order valence-corrected chi connectivity index (χ3v) is 3.94. The number of hydrogen-bond acceptors (Lipinski definition) is 3. The van der Waals surface area contributed by atoms with Crippen LogP contribution in [0.4, 0.5) is 0 Å². The molecule has 2 amide bonds. The maximum absolute atomic E-state index is 12.0. The highest BCUT2D eigenvalue weighted by atomic mass is 16.5. The van der Waals surface area contributed by atoms with Gasteiger partial charge < -0.3 is 14.5 Å². The number of nitrogens with zero attached hydrogens (tertiary/aromatic N) is 2. The molecule has 5 heteroatoms. The molecule has 3 fully saturated rings. The number of morpholine rings is 1. The topological polar surface area (TPSA) is 49.9 Å². The lowest BCUT2D eigenvalue weighted by molar-refractivity contribution is -0.151. The molecule has 0 aromatic rings. The Morgan fingerprint density at radius 2 is 2.22 bits per heavy atom. The molecule has 5 nitrogen and oxygen atoms in total. The van der Waals surface area contributed by atoms with Gasteiger partial charge in [-0.15, -0.1) is 6.58 Å². The SMILES string of the molecule is C=CCN1C(=O)CO[C@@H]2CN(C(=O)C3CC3)C[C@H]21. The van der Waals surface area contributed by atoms with E-state index in [1.54, 1.807) is 11.0 Å². The van der Waals surface area contributed by atoms with E-state index in [0.717, 1.165) is 12.8 Å². The summed E-state index contributed by atoms with van der Waals surface area (Å²) in [4.78, 5) is 27.5. The molecule has 0 spiro atoms. The van der Waals surface area contributed by atoms with E-state index in [-0.39, 0.29) is 36.5 Å². The van der Waals surface area contributed by atoms with Crippen LogP contribution in [0, 0.1) is 5.92 Å². The van der Waals surface area contributed by atoms with Crippen molar-refractivity contribution in [3.63, 3.8) is 0 Å². The third-order valence-electron chi connectivity index (χ3n) is 3.94. The van der Waals surface area contributed by atoms with Gasteiger partial charge in [0.25, 0.3) is 0 Å². The van der Waals surface area contributed by atoms with Crippen LogP contribution in [0.1, 0.15) is 12.8 Å². The van der Waals surface area contributed by atoms with Crippen molar-refractivity contribution in [1.82, 2.24) is 9.80 Å². The Hall–Kier alpha value is -1.36. The van der Waals surface area contributed by atoms with Crippen LogP contribution in [-0.4, -0.2) is 60.0 Å². The summed E-state index contributed by atoms with van der Waals surface area (Å²) in [6.45, 7) is 5.58. The van der Waals surface area contributed by atoms with Gasteiger partial charge in [0, 0.05) is 25.6 Å². The number of rotatable bonds is 3. The van der Waals surface area contributed by atoms with Crippen molar-refractivity contribution >= 4 is 11.8 Å². The predicted molar refractivity (Wildman–Crippen MR) is 64.7 cm³/mol. The lowest BCUT2D eigenvalue weighted by Crippen LogP contribution is -2.53. The van der Waals surface area contributed by atoms with Crippen LogP contribution in [0.5, 0.6) is 0 Å². The number of carbonyl (C=O) groups is 2. The van der Waals surface area contributed by atoms with Gasteiger partial charge in [-0.05, 0) is 12.8 Å². The number of likely N-dealkylation sites (tertiary alicyclic amines) is 1. The zero-order chi connectivity index (χ0) is 12.7. The molecule has 1 aliphatic carbocycles. The highest BCUT2D eigenvalue weighted by Crippen LogP contribution is 2.33. The summed E-state index contributed by atoms with van der Waals surface area (Å²) < 4.78 is 5.55. The van der Waals surface area contributed by atoms with Gasteiger partial charge in [-0.3, -0.25) is 9.59 Å². The van der Waals surface area contributed by atoms with Crippen LogP contribution >= 0.6 is 0 Å². The van der Waals surface area contributed by atoms with Gasteiger partial charge in [-0.25, -0.2) is 0 Å². The fourth-order valence-corrected chi connectivity index (χ4v) is 2.81. The lowest BCUT2D eigenvalue weighted by atomic mass is 10.1. The minimum absolute atomic E-state index is 0.00290. The first-order valence-electron chi connectivity index (χ1n) is 6.51. The molecule has 0 unspecified atom stereocenters. The molecule has 0 N–H and O–H groups in total. The van der Waals surface area contributed by atoms with Gasteiger partial charge >= 0.3 is 0 Å². The minimum Gasteiger partial charge on any atom is -0.364 e. The second-order valence-electron chi connectivity index (χ2n) is 5.27. The quantitative estimate of drug-likeness (QED) is 0.664. The van der Waals surface area contributed by atoms with E-state index in [1.165, 1.54) is 0 Å². The highest BCUT2D eigenvalue weighted by Gasteiger charge is 2.46. The van der Waals surface area contributed by atoms with Gasteiger partial charge in [0.15, 0.2) is 0 Å². The van der Waals surface area contributed by atoms with E-state index < -0.39 is 0 Å². The Morgan fingerprint density at radius 1 is 1.44 bits per heavy atom. The molecular weight excluding hydrogens is 232 g/mol. The first-order valence-corrected chi connectivity index (χ1v) is 6.51. The van der Waals surface area contributed by atoms with Crippen LogP contribution in [0.25, 0.3) is 0 Å². The average molecular weight is 250 g/mol. The van der Waals surface area contributed by atoms with Crippen LogP contribution in [-0.2, 0) is 14.3 Å². The third kappa shape index (κ3) is 1.92. The second-order valence-corrected chi connectivity index (χ2v) is 5.27. The van der Waals surface area contributed by atoms with E-state index in [1.807, 2.05) is 4.90 Å². The van der Waals surface area contributed by atoms with Crippen LogP contribution in [0.15, 0.2) is 12.7 Å². The minimum atomic E-state index is -0.0228. The summed E-state index contributed by atoms with van der Waals surface area (Å²) in [5.41, 5.74) is 0. The van der Waals surface area contributed by atoms with Gasteiger partial charge in [-0.2, -0.15) is 0 Å². The molecule has 3 rings (SSSR count). The van der Waals surface area contributed by atoms with Crippen molar-refractivity contribution in [3.05, 3.63) is 12.7 Å². The Kier molecular flexibility index (Phi) is 2.86. The van der Waals surface area contributed by atoms with Crippen LogP contribution in [0.2, 0.25) is 0 Å². The molecule has 2 aliphatic heterocycles. The first kappa shape index (κ1) is 11.7. The molecule has 3 aliphatic rings. The molecule has 18 heavy (non-hydrogen) atoms. The molecule has 2 heterocycles. The zero-order valence-electron chi connectivity index (χ0n) is 10.4. The van der Waals surface area contributed by atoms with Crippen molar-refractivity contribution < 1.29 is 14.3 Å². The Balaban J connectivity index is 1.71. The Bertz CT molecular complexity index is 392. The molecule has 98 valence electrons. The predicted octanol–water partition coefficient (Wildman–Crippen LogP) is 0.0206. The fraction of sp³-hybridized carbons (Fsp3) is 0.692. The number of ether oxygens (including phenoxy) is 1. The van der Waals surface area contributed by atoms with Crippen LogP contribution < -0.4 is 0 Å². The Labute approximate surface area is 106 Å². The number of hydrogen-bond donors (Lipinski definition) is 0. The number of carbonyl (C=O) groups excluding carboxylic acids is 2. The molecule has 1 saturated carbocycles. The smallest absolute Gasteiger partial charge is 0.249 e. The summed E-state index contributed by atoms with van der Waals surface area (Å²) in [7, 11) is 0. The molecule has 0 radical (unpaired) electrons. The number of amides is 2. The van der Waals surface area contributed by atoms with E-state index in [9.17, 15) is 9.59 Å². The van der Waals surface area contributed by atoms with Crippen molar-refractivity contribution in [3.8, 4) is 0 Å². The summed E-state index contributed by atoms with van der Waals surface area (Å²) in [6, 6.07) is 0.00644. The van der Waals surface area contributed by atoms with Gasteiger partial charge in [-0.1, -0.05) is 6.08 Å². The largest absolute Gasteiger partial charge is 0.364 e. The fourth-order valence-electron chi connectivity index (χ4n) is 2.81. The Morgan fingerprint density at radius 3 is 2.89 bits per heavy atom. The van der Waals surface area contributed by atoms with Gasteiger partial charge in [0.2, 0.25) is 11.8 Å². The van der Waals surface area contributed by atoms with Crippen molar-refractivity contribution in [1.29, 1.82) is 0 Å². The molecule has 2 atom stereocenters. The maximum atomic E-state index is 12.0. The molecule has 0 bridgehead atoms. The first-order chi connectivity index (χ1) is 8.70. The van der Waals surface area contributed by atoms with E-state index in [2.05, 4.69) is 6.58 Å². The van der Waals surface area contributed by atoms with Crippen molar-refractivity contribution in [2.45, 2.75) is 25.0 Å². The van der Waals surface area contributed by atoms with Gasteiger partial charge in [0.05, 0.1) is 12.1 Å². The molecule has 0 aromatic carbocycles. The van der Waals surface area contributed by atoms with Crippen molar-refractivity contribution in [2.75, 3.05) is 26.2 Å². The zero-order valence-corrected chi connectivity index (χ0v) is 10.4.